The lowest BCUT2D eigenvalue weighted by molar-refractivity contribution is -0.144. The largest absolute Gasteiger partial charge is 0.426 e. The standard InChI is InChI=1S/C26H32O3S/c1-17-8-7-9-18(2)23(17)29-25(28)19(3)24(27)26(30-22-10-5-4-6-11-22)16-20-12-14-21(26)15-13-20/h4-11,19-21,24,27H,12-16H2,1-3H3/t19-,20?,21?,24+,26-/m1/s1. The Bertz CT molecular complexity index is 868. The molecule has 5 rings (SSSR count). The molecular formula is C26H32O3S. The van der Waals surface area contributed by atoms with Crippen LogP contribution in [0.1, 0.15) is 50.2 Å². The van der Waals surface area contributed by atoms with Crippen molar-refractivity contribution in [2.45, 2.75) is 68.6 Å². The number of para-hydroxylation sites is 1. The van der Waals surface area contributed by atoms with Crippen molar-refractivity contribution in [2.24, 2.45) is 17.8 Å². The molecule has 3 atom stereocenters. The lowest BCUT2D eigenvalue weighted by Gasteiger charge is -2.54. The number of fused-ring (bicyclic) bond motifs is 3. The molecule has 2 aromatic carbocycles. The van der Waals surface area contributed by atoms with Crippen LogP contribution in [0.25, 0.3) is 0 Å². The highest BCUT2D eigenvalue weighted by molar-refractivity contribution is 8.00. The van der Waals surface area contributed by atoms with Crippen LogP contribution < -0.4 is 4.74 Å². The van der Waals surface area contributed by atoms with Gasteiger partial charge >= 0.3 is 5.97 Å². The molecule has 3 aliphatic rings. The molecule has 2 bridgehead atoms. The van der Waals surface area contributed by atoms with E-state index in [-0.39, 0.29) is 10.7 Å². The van der Waals surface area contributed by atoms with Gasteiger partial charge in [0.25, 0.3) is 0 Å². The molecule has 3 saturated carbocycles. The number of aliphatic hydroxyl groups excluding tert-OH is 1. The van der Waals surface area contributed by atoms with E-state index >= 15 is 0 Å². The molecule has 0 amide bonds. The predicted molar refractivity (Wildman–Crippen MR) is 122 cm³/mol. The third-order valence-electron chi connectivity index (χ3n) is 7.15. The van der Waals surface area contributed by atoms with Gasteiger partial charge < -0.3 is 9.84 Å². The second-order valence-electron chi connectivity index (χ2n) is 9.17. The molecule has 1 N–H and O–H groups in total. The Kier molecular flexibility index (Phi) is 6.26. The van der Waals surface area contributed by atoms with Crippen molar-refractivity contribution in [2.75, 3.05) is 0 Å². The molecule has 4 heteroatoms. The van der Waals surface area contributed by atoms with Crippen LogP contribution in [0.4, 0.5) is 0 Å². The minimum Gasteiger partial charge on any atom is -0.426 e. The number of aryl methyl sites for hydroxylation is 2. The summed E-state index contributed by atoms with van der Waals surface area (Å²) in [5.41, 5.74) is 1.88. The molecule has 3 fully saturated rings. The van der Waals surface area contributed by atoms with Crippen molar-refractivity contribution in [3.8, 4) is 5.75 Å². The number of hydrogen-bond donors (Lipinski definition) is 1. The van der Waals surface area contributed by atoms with Crippen molar-refractivity contribution in [1.29, 1.82) is 0 Å². The maximum absolute atomic E-state index is 13.1. The summed E-state index contributed by atoms with van der Waals surface area (Å²) in [7, 11) is 0. The lowest BCUT2D eigenvalue weighted by Crippen LogP contribution is -2.56. The zero-order valence-electron chi connectivity index (χ0n) is 18.1. The summed E-state index contributed by atoms with van der Waals surface area (Å²) in [6.45, 7) is 5.73. The van der Waals surface area contributed by atoms with Crippen LogP contribution in [0.3, 0.4) is 0 Å². The van der Waals surface area contributed by atoms with Crippen molar-refractivity contribution in [3.05, 3.63) is 59.7 Å². The van der Waals surface area contributed by atoms with E-state index in [2.05, 4.69) is 12.1 Å². The van der Waals surface area contributed by atoms with E-state index in [1.54, 1.807) is 11.8 Å². The van der Waals surface area contributed by atoms with Crippen LogP contribution in [-0.4, -0.2) is 21.9 Å². The Morgan fingerprint density at radius 1 is 1.03 bits per heavy atom. The first-order valence-corrected chi connectivity index (χ1v) is 11.9. The summed E-state index contributed by atoms with van der Waals surface area (Å²) < 4.78 is 5.49. The first-order chi connectivity index (χ1) is 14.4. The summed E-state index contributed by atoms with van der Waals surface area (Å²) >= 11 is 1.78. The topological polar surface area (TPSA) is 46.5 Å². The first-order valence-electron chi connectivity index (χ1n) is 11.1. The summed E-state index contributed by atoms with van der Waals surface area (Å²) in [5.74, 6) is 0.770. The van der Waals surface area contributed by atoms with Gasteiger partial charge in [-0.1, -0.05) is 49.2 Å². The average Bonchev–Trinajstić information content (AvgIpc) is 2.76. The monoisotopic (exact) mass is 424 g/mol. The van der Waals surface area contributed by atoms with E-state index in [0.717, 1.165) is 30.4 Å². The predicted octanol–water partition coefficient (Wildman–Crippen LogP) is 5.95. The van der Waals surface area contributed by atoms with E-state index in [4.69, 9.17) is 4.74 Å². The van der Waals surface area contributed by atoms with Gasteiger partial charge in [0, 0.05) is 4.90 Å². The van der Waals surface area contributed by atoms with E-state index < -0.39 is 12.0 Å². The van der Waals surface area contributed by atoms with Crippen LogP contribution in [-0.2, 0) is 4.79 Å². The van der Waals surface area contributed by atoms with Crippen LogP contribution >= 0.6 is 11.8 Å². The third kappa shape index (κ3) is 4.04. The van der Waals surface area contributed by atoms with E-state index in [9.17, 15) is 9.90 Å². The van der Waals surface area contributed by atoms with Crippen LogP contribution in [0, 0.1) is 31.6 Å². The zero-order valence-corrected chi connectivity index (χ0v) is 19.0. The van der Waals surface area contributed by atoms with Crippen LogP contribution in [0.2, 0.25) is 0 Å². The van der Waals surface area contributed by atoms with Gasteiger partial charge in [-0.05, 0) is 75.1 Å². The Hall–Kier alpha value is -1.78. The molecule has 0 unspecified atom stereocenters. The Morgan fingerprint density at radius 2 is 1.67 bits per heavy atom. The van der Waals surface area contributed by atoms with Gasteiger partial charge in [-0.3, -0.25) is 4.79 Å². The van der Waals surface area contributed by atoms with E-state index in [1.165, 1.54) is 17.7 Å². The minimum atomic E-state index is -0.743. The number of benzene rings is 2. The molecule has 0 aliphatic heterocycles. The third-order valence-corrected chi connectivity index (χ3v) is 8.78. The number of rotatable bonds is 6. The highest BCUT2D eigenvalue weighted by atomic mass is 32.2. The van der Waals surface area contributed by atoms with Crippen molar-refractivity contribution in [3.63, 3.8) is 0 Å². The van der Waals surface area contributed by atoms with Crippen LogP contribution in [0.5, 0.6) is 5.75 Å². The van der Waals surface area contributed by atoms with E-state index in [1.807, 2.05) is 57.2 Å². The number of thioether (sulfide) groups is 1. The first kappa shape index (κ1) is 21.5. The fourth-order valence-electron chi connectivity index (χ4n) is 5.43. The zero-order chi connectivity index (χ0) is 21.3. The SMILES string of the molecule is Cc1cccc(C)c1OC(=O)[C@H](C)[C@H](O)[C@@]1(Sc2ccccc2)CC2CCC1CC2. The lowest BCUT2D eigenvalue weighted by atomic mass is 9.61. The van der Waals surface area contributed by atoms with E-state index in [0.29, 0.717) is 17.6 Å². The Balaban J connectivity index is 1.60. The van der Waals surface area contributed by atoms with Gasteiger partial charge in [0.2, 0.25) is 0 Å². The molecule has 3 aliphatic carbocycles. The number of carbonyl (C=O) groups excluding carboxylic acids is 1. The summed E-state index contributed by atoms with van der Waals surface area (Å²) in [6, 6.07) is 16.2. The second-order valence-corrected chi connectivity index (χ2v) is 10.6. The number of esters is 1. The summed E-state index contributed by atoms with van der Waals surface area (Å²) in [5, 5.41) is 11.6. The quantitative estimate of drug-likeness (QED) is 0.460. The van der Waals surface area contributed by atoms with Gasteiger partial charge in [-0.25, -0.2) is 0 Å². The van der Waals surface area contributed by atoms with Crippen LogP contribution in [0.15, 0.2) is 53.4 Å². The maximum atomic E-state index is 13.1. The van der Waals surface area contributed by atoms with Crippen molar-refractivity contribution < 1.29 is 14.6 Å². The number of aliphatic hydroxyl groups is 1. The molecule has 0 spiro atoms. The molecule has 30 heavy (non-hydrogen) atoms. The second kappa shape index (κ2) is 8.76. The average molecular weight is 425 g/mol. The van der Waals surface area contributed by atoms with Gasteiger partial charge in [-0.2, -0.15) is 0 Å². The summed E-state index contributed by atoms with van der Waals surface area (Å²) in [4.78, 5) is 14.3. The number of carbonyl (C=O) groups is 1. The molecule has 2 aromatic rings. The molecule has 0 radical (unpaired) electrons. The Morgan fingerprint density at radius 3 is 2.23 bits per heavy atom. The summed E-state index contributed by atoms with van der Waals surface area (Å²) in [6.07, 6.45) is 5.00. The smallest absolute Gasteiger partial charge is 0.316 e. The molecule has 0 saturated heterocycles. The van der Waals surface area contributed by atoms with Gasteiger partial charge in [-0.15, -0.1) is 11.8 Å². The number of hydrogen-bond acceptors (Lipinski definition) is 4. The normalized spacial score (nSPS) is 27.5. The minimum absolute atomic E-state index is 0.332. The van der Waals surface area contributed by atoms with Crippen molar-refractivity contribution in [1.82, 2.24) is 0 Å². The molecule has 0 aromatic heterocycles. The fourth-order valence-corrected chi connectivity index (χ4v) is 7.21. The Labute approximate surface area is 184 Å². The fraction of sp³-hybridized carbons (Fsp3) is 0.500. The highest BCUT2D eigenvalue weighted by Crippen LogP contribution is 2.58. The highest BCUT2D eigenvalue weighted by Gasteiger charge is 2.54. The van der Waals surface area contributed by atoms with Gasteiger partial charge in [0.15, 0.2) is 0 Å². The number of ether oxygens (including phenoxy) is 1. The van der Waals surface area contributed by atoms with Crippen molar-refractivity contribution >= 4 is 17.7 Å². The van der Waals surface area contributed by atoms with Gasteiger partial charge in [0.1, 0.15) is 5.75 Å². The molecule has 160 valence electrons. The maximum Gasteiger partial charge on any atom is 0.316 e. The molecular weight excluding hydrogens is 392 g/mol. The molecule has 3 nitrogen and oxygen atoms in total. The van der Waals surface area contributed by atoms with Gasteiger partial charge in [0.05, 0.1) is 16.8 Å². The molecule has 0 heterocycles.